The molecule has 4 aliphatic carbocycles. The molecule has 0 saturated heterocycles. The van der Waals surface area contributed by atoms with Crippen LogP contribution in [-0.4, -0.2) is 44.5 Å². The minimum atomic E-state index is -0.106. The quantitative estimate of drug-likeness (QED) is 0.514. The molecule has 4 aliphatic rings. The Morgan fingerprint density at radius 1 is 1.10 bits per heavy atom. The lowest BCUT2D eigenvalue weighted by Gasteiger charge is -2.59. The van der Waals surface area contributed by atoms with E-state index in [1.807, 2.05) is 7.05 Å². The molecule has 30 heavy (non-hydrogen) atoms. The van der Waals surface area contributed by atoms with Crippen molar-refractivity contribution < 1.29 is 14.5 Å². The summed E-state index contributed by atoms with van der Waals surface area (Å²) in [5, 5.41) is 12.1. The average molecular weight is 440 g/mol. The van der Waals surface area contributed by atoms with Gasteiger partial charge in [0.05, 0.1) is 11.4 Å². The van der Waals surface area contributed by atoms with Gasteiger partial charge in [-0.25, -0.2) is 0 Å². The lowest BCUT2D eigenvalue weighted by molar-refractivity contribution is -0.133. The Morgan fingerprint density at radius 3 is 2.63 bits per heavy atom. The Bertz CT molecular complexity index is 712. The summed E-state index contributed by atoms with van der Waals surface area (Å²) in [4.78, 5) is 23.5. The van der Waals surface area contributed by atoms with Crippen LogP contribution in [0.15, 0.2) is 10.3 Å². The molecule has 6 atom stereocenters. The van der Waals surface area contributed by atoms with E-state index in [0.717, 1.165) is 57.2 Å². The van der Waals surface area contributed by atoms with E-state index in [9.17, 15) is 4.79 Å². The predicted molar refractivity (Wildman–Crippen MR) is 121 cm³/mol. The van der Waals surface area contributed by atoms with Gasteiger partial charge in [-0.3, -0.25) is 4.79 Å². The van der Waals surface area contributed by atoms with Crippen LogP contribution in [0.3, 0.4) is 0 Å². The summed E-state index contributed by atoms with van der Waals surface area (Å²) in [6.45, 7) is 6.10. The molecule has 4 fully saturated rings. The minimum Gasteiger partial charge on any atom is -0.399 e. The molecule has 0 aliphatic heterocycles. The molecule has 0 heterocycles. The Hall–Kier alpha value is -1.14. The van der Waals surface area contributed by atoms with Crippen molar-refractivity contribution in [2.75, 3.05) is 27.3 Å². The van der Waals surface area contributed by atoms with Crippen LogP contribution in [0, 0.1) is 34.5 Å². The van der Waals surface area contributed by atoms with E-state index in [2.05, 4.69) is 29.5 Å². The Labute approximate surface area is 187 Å². The van der Waals surface area contributed by atoms with Gasteiger partial charge in [0, 0.05) is 24.3 Å². The van der Waals surface area contributed by atoms with Crippen LogP contribution in [0.4, 0.5) is 0 Å². The zero-order valence-electron chi connectivity index (χ0n) is 18.9. The highest BCUT2D eigenvalue weighted by atomic mass is 35.5. The van der Waals surface area contributed by atoms with E-state index in [1.54, 1.807) is 7.11 Å². The molecule has 0 spiro atoms. The van der Waals surface area contributed by atoms with E-state index < -0.39 is 0 Å². The molecule has 0 bridgehead atoms. The number of rotatable bonds is 5. The van der Waals surface area contributed by atoms with Crippen LogP contribution >= 0.6 is 12.4 Å². The molecule has 0 aromatic heterocycles. The van der Waals surface area contributed by atoms with E-state index in [-0.39, 0.29) is 23.2 Å². The van der Waals surface area contributed by atoms with Crippen molar-refractivity contribution in [1.29, 1.82) is 0 Å². The number of hydrogen-bond donors (Lipinski definition) is 1. The molecule has 4 saturated carbocycles. The summed E-state index contributed by atoms with van der Waals surface area (Å²) >= 11 is 0. The topological polar surface area (TPSA) is 72.3 Å². The molecule has 0 amide bonds. The van der Waals surface area contributed by atoms with Gasteiger partial charge in [-0.1, -0.05) is 24.2 Å². The van der Waals surface area contributed by atoms with Crippen molar-refractivity contribution >= 4 is 29.6 Å². The van der Waals surface area contributed by atoms with Crippen LogP contribution in [0.2, 0.25) is 0 Å². The highest BCUT2D eigenvalue weighted by molar-refractivity contribution is 5.96. The normalized spacial score (nSPS) is 42.9. The van der Waals surface area contributed by atoms with Crippen molar-refractivity contribution in [2.45, 2.75) is 65.2 Å². The van der Waals surface area contributed by atoms with Gasteiger partial charge >= 0.3 is 0 Å². The maximum Gasteiger partial charge on any atom is 0.139 e. The molecule has 0 aromatic carbocycles. The second-order valence-corrected chi connectivity index (χ2v) is 10.1. The number of halogens is 1. The fourth-order valence-electron chi connectivity index (χ4n) is 7.23. The van der Waals surface area contributed by atoms with E-state index in [1.165, 1.54) is 12.1 Å². The molecule has 6 nitrogen and oxygen atoms in total. The van der Waals surface area contributed by atoms with E-state index >= 15 is 0 Å². The zero-order valence-corrected chi connectivity index (χ0v) is 19.7. The molecule has 4 rings (SSSR count). The van der Waals surface area contributed by atoms with Crippen LogP contribution < -0.4 is 5.32 Å². The summed E-state index contributed by atoms with van der Waals surface area (Å²) in [6, 6.07) is 0. The fourth-order valence-corrected chi connectivity index (χ4v) is 7.23. The molecule has 0 aromatic rings. The van der Waals surface area contributed by atoms with Crippen LogP contribution in [-0.2, 0) is 14.5 Å². The van der Waals surface area contributed by atoms with E-state index in [0.29, 0.717) is 36.1 Å². The molecule has 1 N–H and O–H groups in total. The molecular weight excluding hydrogens is 402 g/mol. The molecule has 7 heteroatoms. The molecule has 170 valence electrons. The summed E-state index contributed by atoms with van der Waals surface area (Å²) in [6.07, 6.45) is 8.06. The Kier molecular flexibility index (Phi) is 7.18. The van der Waals surface area contributed by atoms with Gasteiger partial charge < -0.3 is 15.0 Å². The second kappa shape index (κ2) is 9.15. The van der Waals surface area contributed by atoms with Crippen molar-refractivity contribution in [1.82, 2.24) is 5.32 Å². The average Bonchev–Trinajstić information content (AvgIpc) is 3.01. The number of carbonyl (C=O) groups is 1. The first-order valence-electron chi connectivity index (χ1n) is 11.4. The first-order valence-corrected chi connectivity index (χ1v) is 11.4. The summed E-state index contributed by atoms with van der Waals surface area (Å²) < 4.78 is 0. The number of Topliss-reactive ketones (excluding diaryl/α,β-unsaturated/α-hetero) is 1. The van der Waals surface area contributed by atoms with Gasteiger partial charge in [-0.15, -0.1) is 12.4 Å². The number of hydrogen-bond acceptors (Lipinski definition) is 6. The minimum absolute atomic E-state index is 0. The number of likely N-dealkylation sites (N-methyl/N-ethyl adjacent to an activating group) is 1. The smallest absolute Gasteiger partial charge is 0.139 e. The van der Waals surface area contributed by atoms with Gasteiger partial charge in [0.25, 0.3) is 0 Å². The first-order chi connectivity index (χ1) is 13.9. The standard InChI is InChI=1S/C23H37N3O3.ClH/c1-22-9-7-15(25-29-12-11-24-3)13-19(22)20(26-28-4)14-16-17-5-6-21(27)23(17,2)10-8-18(16)22;/h16-19,24H,5-14H2,1-4H3;1H/b25-15?,26-20+;/t16-,17-,18-,19?,22+,23-;/m0./s1. The fraction of sp³-hybridized carbons (Fsp3) is 0.870. The number of carbonyl (C=O) groups excluding carboxylic acids is 1. The maximum atomic E-state index is 12.7. The predicted octanol–water partition coefficient (Wildman–Crippen LogP) is 4.22. The third kappa shape index (κ3) is 3.79. The number of oxime groups is 2. The third-order valence-corrected chi connectivity index (χ3v) is 8.87. The Morgan fingerprint density at radius 2 is 1.90 bits per heavy atom. The van der Waals surface area contributed by atoms with Crippen molar-refractivity contribution in [3.63, 3.8) is 0 Å². The zero-order chi connectivity index (χ0) is 20.6. The lowest BCUT2D eigenvalue weighted by atomic mass is 9.45. The summed E-state index contributed by atoms with van der Waals surface area (Å²) in [5.74, 6) is 2.59. The van der Waals surface area contributed by atoms with Gasteiger partial charge in [0.15, 0.2) is 0 Å². The number of ketones is 1. The van der Waals surface area contributed by atoms with Crippen LogP contribution in [0.25, 0.3) is 0 Å². The number of fused-ring (bicyclic) bond motifs is 5. The van der Waals surface area contributed by atoms with Gasteiger partial charge in [-0.2, -0.15) is 0 Å². The highest BCUT2D eigenvalue weighted by Crippen LogP contribution is 2.64. The van der Waals surface area contributed by atoms with Crippen molar-refractivity contribution in [3.8, 4) is 0 Å². The molecule has 1 unspecified atom stereocenters. The monoisotopic (exact) mass is 439 g/mol. The van der Waals surface area contributed by atoms with Crippen molar-refractivity contribution in [2.24, 2.45) is 44.8 Å². The van der Waals surface area contributed by atoms with Gasteiger partial charge in [0.1, 0.15) is 19.5 Å². The van der Waals surface area contributed by atoms with Crippen molar-refractivity contribution in [3.05, 3.63) is 0 Å². The lowest BCUT2D eigenvalue weighted by Crippen LogP contribution is -2.56. The van der Waals surface area contributed by atoms with E-state index in [4.69, 9.17) is 9.68 Å². The summed E-state index contributed by atoms with van der Waals surface area (Å²) in [7, 11) is 3.57. The first kappa shape index (κ1) is 23.5. The van der Waals surface area contributed by atoms with Crippen LogP contribution in [0.1, 0.15) is 65.2 Å². The van der Waals surface area contributed by atoms with Gasteiger partial charge in [-0.05, 0) is 75.2 Å². The largest absolute Gasteiger partial charge is 0.399 e. The summed E-state index contributed by atoms with van der Waals surface area (Å²) in [5.41, 5.74) is 2.44. The Balaban J connectivity index is 0.00000256. The maximum absolute atomic E-state index is 12.7. The second-order valence-electron chi connectivity index (χ2n) is 10.1. The SMILES string of the molecule is CNCCON=C1CC[C@@]2(C)C(C1)/C(=N/OC)C[C@@H]1[C@@H]2CC[C@]2(C)C(=O)CC[C@@H]12.Cl. The van der Waals surface area contributed by atoms with Gasteiger partial charge in [0.2, 0.25) is 0 Å². The molecular formula is C23H38ClN3O3. The third-order valence-electron chi connectivity index (χ3n) is 8.87. The highest BCUT2D eigenvalue weighted by Gasteiger charge is 2.61. The van der Waals surface area contributed by atoms with Crippen LogP contribution in [0.5, 0.6) is 0 Å². The number of nitrogens with zero attached hydrogens (tertiary/aromatic N) is 2. The molecule has 0 radical (unpaired) electrons. The number of nitrogens with one attached hydrogen (secondary N) is 1.